The molecule has 1 saturated heterocycles. The van der Waals surface area contributed by atoms with Crippen molar-refractivity contribution in [3.8, 4) is 6.07 Å². The van der Waals surface area contributed by atoms with E-state index in [9.17, 15) is 13.7 Å². The molecule has 0 aliphatic carbocycles. The molecular formula is C14H19N3O2S. The van der Waals surface area contributed by atoms with Crippen LogP contribution in [0.3, 0.4) is 0 Å². The Labute approximate surface area is 120 Å². The van der Waals surface area contributed by atoms with Gasteiger partial charge >= 0.3 is 0 Å². The number of hydrogen-bond donors (Lipinski definition) is 0. The molecule has 1 aliphatic rings. The van der Waals surface area contributed by atoms with E-state index in [1.807, 2.05) is 30.3 Å². The first-order valence-electron chi connectivity index (χ1n) is 6.57. The van der Waals surface area contributed by atoms with Gasteiger partial charge in [0.15, 0.2) is 0 Å². The van der Waals surface area contributed by atoms with Crippen LogP contribution < -0.4 is 0 Å². The van der Waals surface area contributed by atoms with Crippen molar-refractivity contribution in [1.82, 2.24) is 8.61 Å². The Morgan fingerprint density at radius 1 is 1.20 bits per heavy atom. The molecule has 0 radical (unpaired) electrons. The molecule has 0 amide bonds. The lowest BCUT2D eigenvalue weighted by Crippen LogP contribution is -2.48. The van der Waals surface area contributed by atoms with Gasteiger partial charge in [-0.1, -0.05) is 30.3 Å². The first-order valence-corrected chi connectivity index (χ1v) is 7.96. The second-order valence-corrected chi connectivity index (χ2v) is 7.39. The number of nitrogens with zero attached hydrogens (tertiary/aromatic N) is 3. The fraction of sp³-hybridized carbons (Fsp3) is 0.500. The van der Waals surface area contributed by atoms with Gasteiger partial charge in [0.2, 0.25) is 0 Å². The minimum absolute atomic E-state index is 0.378. The van der Waals surface area contributed by atoms with Crippen molar-refractivity contribution in [3.63, 3.8) is 0 Å². The average Bonchev–Trinajstić information content (AvgIpc) is 2.48. The van der Waals surface area contributed by atoms with Gasteiger partial charge < -0.3 is 0 Å². The summed E-state index contributed by atoms with van der Waals surface area (Å²) in [7, 11) is -0.330. The summed E-state index contributed by atoms with van der Waals surface area (Å²) in [5, 5.41) is 9.56. The zero-order valence-electron chi connectivity index (χ0n) is 11.8. The van der Waals surface area contributed by atoms with Crippen LogP contribution in [0.1, 0.15) is 18.4 Å². The fourth-order valence-corrected chi connectivity index (χ4v) is 3.66. The lowest BCUT2D eigenvalue weighted by atomic mass is 9.74. The van der Waals surface area contributed by atoms with Crippen molar-refractivity contribution in [1.29, 1.82) is 5.26 Å². The minimum Gasteiger partial charge on any atom is -0.197 e. The second kappa shape index (κ2) is 5.52. The highest BCUT2D eigenvalue weighted by Crippen LogP contribution is 2.35. The summed E-state index contributed by atoms with van der Waals surface area (Å²) in [5.41, 5.74) is 0.406. The fourth-order valence-electron chi connectivity index (χ4n) is 2.55. The standard InChI is InChI=1S/C14H19N3O2S/c1-16(2)20(18,19)17-10-8-14(12-15,9-11-17)13-6-4-3-5-7-13/h3-7H,8-11H2,1-2H3. The molecule has 1 heterocycles. The maximum Gasteiger partial charge on any atom is 0.281 e. The number of rotatable bonds is 3. The average molecular weight is 293 g/mol. The summed E-state index contributed by atoms with van der Waals surface area (Å²) < 4.78 is 26.8. The number of benzene rings is 1. The molecule has 1 aromatic carbocycles. The van der Waals surface area contributed by atoms with Crippen LogP contribution in [-0.2, 0) is 15.6 Å². The van der Waals surface area contributed by atoms with E-state index in [0.717, 1.165) is 5.56 Å². The van der Waals surface area contributed by atoms with Gasteiger partial charge in [0, 0.05) is 27.2 Å². The van der Waals surface area contributed by atoms with Gasteiger partial charge in [0.05, 0.1) is 11.5 Å². The third-order valence-electron chi connectivity index (χ3n) is 3.90. The predicted octanol–water partition coefficient (Wildman–Crippen LogP) is 1.35. The number of piperidine rings is 1. The first kappa shape index (κ1) is 15.0. The van der Waals surface area contributed by atoms with Gasteiger partial charge in [-0.2, -0.15) is 22.3 Å². The molecule has 1 aliphatic heterocycles. The Morgan fingerprint density at radius 2 is 1.75 bits per heavy atom. The number of nitriles is 1. The monoisotopic (exact) mass is 293 g/mol. The molecule has 0 spiro atoms. The molecule has 1 aromatic rings. The highest BCUT2D eigenvalue weighted by molar-refractivity contribution is 7.86. The van der Waals surface area contributed by atoms with Gasteiger partial charge in [-0.05, 0) is 18.4 Å². The van der Waals surface area contributed by atoms with Crippen LogP contribution in [0.4, 0.5) is 0 Å². The van der Waals surface area contributed by atoms with Crippen molar-refractivity contribution in [2.24, 2.45) is 0 Å². The smallest absolute Gasteiger partial charge is 0.197 e. The Kier molecular flexibility index (Phi) is 4.14. The summed E-state index contributed by atoms with van der Waals surface area (Å²) in [6.45, 7) is 0.756. The summed E-state index contributed by atoms with van der Waals surface area (Å²) >= 11 is 0. The topological polar surface area (TPSA) is 64.4 Å². The first-order chi connectivity index (χ1) is 9.42. The molecule has 108 valence electrons. The summed E-state index contributed by atoms with van der Waals surface area (Å²) in [4.78, 5) is 0. The summed E-state index contributed by atoms with van der Waals surface area (Å²) in [6, 6.07) is 12.0. The van der Waals surface area contributed by atoms with E-state index in [0.29, 0.717) is 25.9 Å². The van der Waals surface area contributed by atoms with Gasteiger partial charge in [-0.25, -0.2) is 0 Å². The normalized spacial score (nSPS) is 19.7. The van der Waals surface area contributed by atoms with E-state index in [1.54, 1.807) is 0 Å². The molecule has 5 nitrogen and oxygen atoms in total. The maximum atomic E-state index is 12.1. The summed E-state index contributed by atoms with van der Waals surface area (Å²) in [6.07, 6.45) is 1.06. The van der Waals surface area contributed by atoms with E-state index in [2.05, 4.69) is 6.07 Å². The minimum atomic E-state index is -3.38. The van der Waals surface area contributed by atoms with Crippen LogP contribution in [0.25, 0.3) is 0 Å². The second-order valence-electron chi connectivity index (χ2n) is 5.25. The SMILES string of the molecule is CN(C)S(=O)(=O)N1CCC(C#N)(c2ccccc2)CC1. The van der Waals surface area contributed by atoms with E-state index in [1.165, 1.54) is 22.7 Å². The molecule has 20 heavy (non-hydrogen) atoms. The third-order valence-corrected chi connectivity index (χ3v) is 5.84. The molecule has 0 bridgehead atoms. The molecule has 1 fully saturated rings. The van der Waals surface area contributed by atoms with Crippen LogP contribution >= 0.6 is 0 Å². The van der Waals surface area contributed by atoms with Crippen LogP contribution in [0.2, 0.25) is 0 Å². The predicted molar refractivity (Wildman–Crippen MR) is 77.1 cm³/mol. The van der Waals surface area contributed by atoms with Crippen LogP contribution in [-0.4, -0.2) is 44.2 Å². The summed E-state index contributed by atoms with van der Waals surface area (Å²) in [5.74, 6) is 0. The van der Waals surface area contributed by atoms with Crippen molar-refractivity contribution >= 4 is 10.2 Å². The van der Waals surface area contributed by atoms with Gasteiger partial charge in [-0.15, -0.1) is 0 Å². The van der Waals surface area contributed by atoms with Crippen LogP contribution in [0, 0.1) is 11.3 Å². The van der Waals surface area contributed by atoms with E-state index >= 15 is 0 Å². The molecule has 0 saturated carbocycles. The van der Waals surface area contributed by atoms with E-state index < -0.39 is 15.6 Å². The van der Waals surface area contributed by atoms with Crippen molar-refractivity contribution < 1.29 is 8.42 Å². The van der Waals surface area contributed by atoms with Crippen LogP contribution in [0.15, 0.2) is 30.3 Å². The van der Waals surface area contributed by atoms with Crippen molar-refractivity contribution in [2.75, 3.05) is 27.2 Å². The Balaban J connectivity index is 2.20. The quantitative estimate of drug-likeness (QED) is 0.845. The molecule has 6 heteroatoms. The van der Waals surface area contributed by atoms with Gasteiger partial charge in [0.1, 0.15) is 0 Å². The highest BCUT2D eigenvalue weighted by atomic mass is 32.2. The molecule has 0 atom stereocenters. The molecule has 0 unspecified atom stereocenters. The van der Waals surface area contributed by atoms with Gasteiger partial charge in [0.25, 0.3) is 10.2 Å². The molecule has 0 N–H and O–H groups in total. The Hall–Kier alpha value is -1.42. The van der Waals surface area contributed by atoms with E-state index in [-0.39, 0.29) is 0 Å². The van der Waals surface area contributed by atoms with E-state index in [4.69, 9.17) is 0 Å². The van der Waals surface area contributed by atoms with Gasteiger partial charge in [-0.3, -0.25) is 0 Å². The third kappa shape index (κ3) is 2.57. The van der Waals surface area contributed by atoms with Crippen molar-refractivity contribution in [3.05, 3.63) is 35.9 Å². The molecular weight excluding hydrogens is 274 g/mol. The zero-order valence-corrected chi connectivity index (χ0v) is 12.6. The van der Waals surface area contributed by atoms with Crippen molar-refractivity contribution in [2.45, 2.75) is 18.3 Å². The lowest BCUT2D eigenvalue weighted by molar-refractivity contribution is 0.265. The Morgan fingerprint density at radius 3 is 2.20 bits per heavy atom. The zero-order chi connectivity index (χ0) is 14.8. The maximum absolute atomic E-state index is 12.1. The highest BCUT2D eigenvalue weighted by Gasteiger charge is 2.40. The lowest BCUT2D eigenvalue weighted by Gasteiger charge is -2.37. The Bertz CT molecular complexity index is 597. The molecule has 2 rings (SSSR count). The molecule has 0 aromatic heterocycles. The number of hydrogen-bond acceptors (Lipinski definition) is 3. The largest absolute Gasteiger partial charge is 0.281 e. The van der Waals surface area contributed by atoms with Crippen LogP contribution in [0.5, 0.6) is 0 Å².